The fourth-order valence-electron chi connectivity index (χ4n) is 5.96. The number of carbonyl (C=O) groups excluding carboxylic acids is 1. The SMILES string of the molecule is CC(C)(C)N(C(=O)O)C1(c2ccc(-c3nc4c(cc3-c3ccccc3)C(=O)CCCC4)cc2)CCC1. The number of aromatic nitrogens is 1. The van der Waals surface area contributed by atoms with Crippen molar-refractivity contribution in [3.8, 4) is 22.4 Å². The third kappa shape index (κ3) is 4.21. The average molecular weight is 483 g/mol. The van der Waals surface area contributed by atoms with Gasteiger partial charge in [-0.3, -0.25) is 14.7 Å². The molecule has 2 aromatic carbocycles. The van der Waals surface area contributed by atoms with E-state index in [1.54, 1.807) is 4.90 Å². The third-order valence-electron chi connectivity index (χ3n) is 7.72. The molecule has 1 N–H and O–H groups in total. The lowest BCUT2D eigenvalue weighted by molar-refractivity contribution is -0.0328. The normalized spacial score (nSPS) is 17.0. The number of amides is 1. The van der Waals surface area contributed by atoms with Crippen molar-refractivity contribution in [1.29, 1.82) is 0 Å². The van der Waals surface area contributed by atoms with Gasteiger partial charge in [-0.1, -0.05) is 54.6 Å². The summed E-state index contributed by atoms with van der Waals surface area (Å²) in [6.07, 6.45) is 5.03. The maximum Gasteiger partial charge on any atom is 0.408 e. The molecule has 186 valence electrons. The van der Waals surface area contributed by atoms with Gasteiger partial charge in [0.15, 0.2) is 5.78 Å². The van der Waals surface area contributed by atoms with Crippen molar-refractivity contribution >= 4 is 11.9 Å². The van der Waals surface area contributed by atoms with Crippen molar-refractivity contribution in [2.24, 2.45) is 0 Å². The molecule has 5 heteroatoms. The molecule has 5 rings (SSSR count). The molecule has 0 aliphatic heterocycles. The number of fused-ring (bicyclic) bond motifs is 1. The van der Waals surface area contributed by atoms with Crippen molar-refractivity contribution in [2.75, 3.05) is 0 Å². The number of hydrogen-bond donors (Lipinski definition) is 1. The lowest BCUT2D eigenvalue weighted by Crippen LogP contribution is -2.60. The number of aryl methyl sites for hydroxylation is 1. The van der Waals surface area contributed by atoms with Crippen molar-refractivity contribution in [3.63, 3.8) is 0 Å². The molecule has 2 aliphatic rings. The second kappa shape index (κ2) is 9.20. The minimum absolute atomic E-state index is 0.178. The number of pyridine rings is 1. The van der Waals surface area contributed by atoms with Crippen molar-refractivity contribution in [1.82, 2.24) is 9.88 Å². The topological polar surface area (TPSA) is 70.5 Å². The van der Waals surface area contributed by atoms with Crippen LogP contribution in [0.5, 0.6) is 0 Å². The number of carbonyl (C=O) groups is 2. The Balaban J connectivity index is 1.61. The van der Waals surface area contributed by atoms with Gasteiger partial charge in [0, 0.05) is 28.7 Å². The molecular weight excluding hydrogens is 448 g/mol. The molecule has 1 amide bonds. The first-order valence-corrected chi connectivity index (χ1v) is 13.0. The Bertz CT molecular complexity index is 1290. The fourth-order valence-corrected chi connectivity index (χ4v) is 5.96. The van der Waals surface area contributed by atoms with Crippen LogP contribution in [0.4, 0.5) is 4.79 Å². The van der Waals surface area contributed by atoms with E-state index in [9.17, 15) is 14.7 Å². The maximum atomic E-state index is 12.8. The summed E-state index contributed by atoms with van der Waals surface area (Å²) in [5, 5.41) is 10.1. The Morgan fingerprint density at radius 2 is 1.56 bits per heavy atom. The second-order valence-electron chi connectivity index (χ2n) is 11.1. The molecule has 0 bridgehead atoms. The van der Waals surface area contributed by atoms with Crippen LogP contribution in [0.2, 0.25) is 0 Å². The molecule has 5 nitrogen and oxygen atoms in total. The zero-order chi connectivity index (χ0) is 25.5. The zero-order valence-corrected chi connectivity index (χ0v) is 21.4. The summed E-state index contributed by atoms with van der Waals surface area (Å²) in [5.74, 6) is 0.178. The molecule has 0 saturated heterocycles. The summed E-state index contributed by atoms with van der Waals surface area (Å²) in [5.41, 5.74) is 5.50. The van der Waals surface area contributed by atoms with Crippen LogP contribution >= 0.6 is 0 Å². The molecule has 0 unspecified atom stereocenters. The summed E-state index contributed by atoms with van der Waals surface area (Å²) >= 11 is 0. The molecule has 1 saturated carbocycles. The summed E-state index contributed by atoms with van der Waals surface area (Å²) in [4.78, 5) is 31.9. The molecule has 0 radical (unpaired) electrons. The van der Waals surface area contributed by atoms with Gasteiger partial charge in [0.2, 0.25) is 0 Å². The van der Waals surface area contributed by atoms with Gasteiger partial charge < -0.3 is 5.11 Å². The summed E-state index contributed by atoms with van der Waals surface area (Å²) in [6.45, 7) is 5.88. The van der Waals surface area contributed by atoms with Crippen LogP contribution in [-0.4, -0.2) is 32.4 Å². The summed E-state index contributed by atoms with van der Waals surface area (Å²) in [6, 6.07) is 20.4. The van der Waals surface area contributed by atoms with E-state index in [-0.39, 0.29) is 5.78 Å². The minimum Gasteiger partial charge on any atom is -0.465 e. The van der Waals surface area contributed by atoms with Gasteiger partial charge in [0.25, 0.3) is 0 Å². The minimum atomic E-state index is -0.880. The first-order valence-electron chi connectivity index (χ1n) is 13.0. The van der Waals surface area contributed by atoms with E-state index in [0.29, 0.717) is 6.42 Å². The van der Waals surface area contributed by atoms with Gasteiger partial charge in [0.1, 0.15) is 0 Å². The first kappa shape index (κ1) is 24.2. The predicted molar refractivity (Wildman–Crippen MR) is 142 cm³/mol. The molecule has 1 aromatic heterocycles. The molecule has 36 heavy (non-hydrogen) atoms. The monoisotopic (exact) mass is 482 g/mol. The van der Waals surface area contributed by atoms with E-state index in [0.717, 1.165) is 77.7 Å². The average Bonchev–Trinajstić information content (AvgIpc) is 3.01. The van der Waals surface area contributed by atoms with Gasteiger partial charge >= 0.3 is 6.09 Å². The smallest absolute Gasteiger partial charge is 0.408 e. The van der Waals surface area contributed by atoms with Crippen LogP contribution in [0.3, 0.4) is 0 Å². The number of nitrogens with zero attached hydrogens (tertiary/aromatic N) is 2. The van der Waals surface area contributed by atoms with E-state index in [4.69, 9.17) is 4.98 Å². The number of carboxylic acid groups (broad SMARTS) is 1. The number of ketones is 1. The zero-order valence-electron chi connectivity index (χ0n) is 21.4. The van der Waals surface area contributed by atoms with Crippen LogP contribution in [0.25, 0.3) is 22.4 Å². The Hall–Kier alpha value is -3.47. The van der Waals surface area contributed by atoms with Crippen LogP contribution in [-0.2, 0) is 12.0 Å². The Morgan fingerprint density at radius 3 is 2.14 bits per heavy atom. The summed E-state index contributed by atoms with van der Waals surface area (Å²) in [7, 11) is 0. The second-order valence-corrected chi connectivity index (χ2v) is 11.1. The van der Waals surface area contributed by atoms with Crippen LogP contribution in [0.15, 0.2) is 60.7 Å². The molecular formula is C31H34N2O3. The van der Waals surface area contributed by atoms with E-state index < -0.39 is 17.2 Å². The van der Waals surface area contributed by atoms with E-state index in [1.165, 1.54) is 0 Å². The Morgan fingerprint density at radius 1 is 0.889 bits per heavy atom. The number of hydrogen-bond acceptors (Lipinski definition) is 3. The van der Waals surface area contributed by atoms with Crippen molar-refractivity contribution in [2.45, 2.75) is 76.8 Å². The number of rotatable bonds is 4. The van der Waals surface area contributed by atoms with E-state index >= 15 is 0 Å². The third-order valence-corrected chi connectivity index (χ3v) is 7.72. The molecule has 0 atom stereocenters. The highest BCUT2D eigenvalue weighted by Gasteiger charge is 2.50. The van der Waals surface area contributed by atoms with Gasteiger partial charge in [0.05, 0.1) is 16.9 Å². The van der Waals surface area contributed by atoms with Crippen molar-refractivity contribution in [3.05, 3.63) is 77.5 Å². The van der Waals surface area contributed by atoms with E-state index in [1.807, 2.05) is 45.0 Å². The van der Waals surface area contributed by atoms with Gasteiger partial charge in [-0.15, -0.1) is 0 Å². The Kier molecular flexibility index (Phi) is 6.19. The standard InChI is InChI=1S/C31H34N2O3/c1-30(2,3)33(29(35)36)31(18-9-19-31)23-16-14-22(15-17-23)28-24(21-10-5-4-6-11-21)20-25-26(32-28)12-7-8-13-27(25)34/h4-6,10-11,14-17,20H,7-9,12-13,18-19H2,1-3H3,(H,35,36). The fraction of sp³-hybridized carbons (Fsp3) is 0.387. The number of Topliss-reactive ketones (excluding diaryl/α,β-unsaturated/α-hetero) is 1. The van der Waals surface area contributed by atoms with E-state index in [2.05, 4.69) is 36.4 Å². The molecule has 1 heterocycles. The highest BCUT2D eigenvalue weighted by molar-refractivity contribution is 5.99. The first-order chi connectivity index (χ1) is 17.2. The maximum absolute atomic E-state index is 12.8. The molecule has 0 spiro atoms. The molecule has 1 fully saturated rings. The van der Waals surface area contributed by atoms with Gasteiger partial charge in [-0.05, 0) is 76.5 Å². The quantitative estimate of drug-likeness (QED) is 0.391. The van der Waals surface area contributed by atoms with Crippen molar-refractivity contribution < 1.29 is 14.7 Å². The largest absolute Gasteiger partial charge is 0.465 e. The Labute approximate surface area is 213 Å². The lowest BCUT2D eigenvalue weighted by Gasteiger charge is -2.54. The highest BCUT2D eigenvalue weighted by atomic mass is 16.4. The summed E-state index contributed by atoms with van der Waals surface area (Å²) < 4.78 is 0. The predicted octanol–water partition coefficient (Wildman–Crippen LogP) is 7.48. The number of benzene rings is 2. The highest BCUT2D eigenvalue weighted by Crippen LogP contribution is 2.49. The van der Waals surface area contributed by atoms with Crippen LogP contribution < -0.4 is 0 Å². The lowest BCUT2D eigenvalue weighted by atomic mass is 9.69. The van der Waals surface area contributed by atoms with Crippen LogP contribution in [0.1, 0.15) is 80.9 Å². The van der Waals surface area contributed by atoms with Gasteiger partial charge in [-0.2, -0.15) is 0 Å². The van der Waals surface area contributed by atoms with Crippen LogP contribution in [0, 0.1) is 0 Å². The molecule has 2 aliphatic carbocycles. The molecule has 3 aromatic rings. The van der Waals surface area contributed by atoms with Gasteiger partial charge in [-0.25, -0.2) is 4.79 Å².